The molecule has 16 heteroatoms. The van der Waals surface area contributed by atoms with Crippen molar-refractivity contribution in [3.8, 4) is 5.69 Å². The van der Waals surface area contributed by atoms with Gasteiger partial charge in [-0.05, 0) is 19.1 Å². The lowest BCUT2D eigenvalue weighted by Gasteiger charge is -2.12. The minimum Gasteiger partial charge on any atom is -0.294 e. The van der Waals surface area contributed by atoms with E-state index in [1.54, 1.807) is 0 Å². The van der Waals surface area contributed by atoms with Crippen LogP contribution in [0.1, 0.15) is 33.0 Å². The number of aromatic amines is 1. The predicted molar refractivity (Wildman–Crippen MR) is 88.6 cm³/mol. The number of ketones is 1. The number of halogens is 11. The number of H-pyrrole nitrogens is 1. The molecule has 0 saturated carbocycles. The number of carbonyl (C=O) groups excluding carboxylic acids is 1. The number of hydrogen-bond acceptors (Lipinski definition) is 3. The Labute approximate surface area is 179 Å². The second-order valence-corrected chi connectivity index (χ2v) is 6.62. The summed E-state index contributed by atoms with van der Waals surface area (Å²) in [6.45, 7) is 0.841. The Hall–Kier alpha value is -3.72. The molecule has 1 N–H and O–H groups in total. The Morgan fingerprint density at radius 1 is 0.824 bits per heavy atom. The second kappa shape index (κ2) is 7.95. The van der Waals surface area contributed by atoms with Crippen LogP contribution in [-0.4, -0.2) is 20.5 Å². The summed E-state index contributed by atoms with van der Waals surface area (Å²) in [7, 11) is 0. The number of nitrogens with zero attached hydrogens (tertiary/aromatic N) is 2. The normalized spacial score (nSPS) is 12.4. The van der Waals surface area contributed by atoms with Crippen molar-refractivity contribution in [2.45, 2.75) is 19.3 Å². The molecule has 0 fully saturated rings. The Bertz CT molecular complexity index is 1320. The van der Waals surface area contributed by atoms with Crippen LogP contribution in [0.3, 0.4) is 0 Å². The largest absolute Gasteiger partial charge is 0.433 e. The molecule has 0 spiro atoms. The topological polar surface area (TPSA) is 67.8 Å². The maximum absolute atomic E-state index is 14.1. The molecule has 2 heterocycles. The van der Waals surface area contributed by atoms with Crippen molar-refractivity contribution >= 4 is 5.78 Å². The summed E-state index contributed by atoms with van der Waals surface area (Å²) in [5.74, 6) is -14.3. The molecule has 2 aromatic heterocycles. The van der Waals surface area contributed by atoms with Crippen LogP contribution in [0.4, 0.5) is 48.3 Å². The van der Waals surface area contributed by atoms with E-state index in [1.165, 1.54) is 0 Å². The fourth-order valence-electron chi connectivity index (χ4n) is 2.86. The molecular weight excluding hydrogens is 499 g/mol. The summed E-state index contributed by atoms with van der Waals surface area (Å²) >= 11 is 0. The molecule has 3 rings (SSSR count). The van der Waals surface area contributed by atoms with Crippen molar-refractivity contribution in [1.29, 1.82) is 0 Å². The molecule has 34 heavy (non-hydrogen) atoms. The second-order valence-electron chi connectivity index (χ2n) is 6.62. The van der Waals surface area contributed by atoms with E-state index in [4.69, 9.17) is 0 Å². The van der Waals surface area contributed by atoms with Gasteiger partial charge in [0.2, 0.25) is 11.6 Å². The molecule has 0 radical (unpaired) electrons. The number of aromatic nitrogens is 3. The number of benzene rings is 1. The maximum atomic E-state index is 14.1. The number of carbonyl (C=O) groups is 1. The zero-order chi connectivity index (χ0) is 25.9. The van der Waals surface area contributed by atoms with E-state index in [0.29, 0.717) is 0 Å². The van der Waals surface area contributed by atoms with Gasteiger partial charge < -0.3 is 0 Å². The van der Waals surface area contributed by atoms with Gasteiger partial charge in [-0.25, -0.2) is 31.6 Å². The van der Waals surface area contributed by atoms with Crippen molar-refractivity contribution in [1.82, 2.24) is 14.8 Å². The van der Waals surface area contributed by atoms with Crippen LogP contribution in [-0.2, 0) is 12.4 Å². The van der Waals surface area contributed by atoms with Gasteiger partial charge in [-0.15, -0.1) is 0 Å². The van der Waals surface area contributed by atoms with Gasteiger partial charge in [-0.3, -0.25) is 14.7 Å². The minimum atomic E-state index is -5.45. The zero-order valence-corrected chi connectivity index (χ0v) is 16.0. The van der Waals surface area contributed by atoms with Crippen LogP contribution in [0.5, 0.6) is 0 Å². The molecule has 0 bridgehead atoms. The van der Waals surface area contributed by atoms with Crippen LogP contribution < -0.4 is 5.56 Å². The average molecular weight is 505 g/mol. The molecular formula is C18H6F11N3O2. The van der Waals surface area contributed by atoms with E-state index >= 15 is 0 Å². The lowest BCUT2D eigenvalue weighted by molar-refractivity contribution is -0.150. The van der Waals surface area contributed by atoms with Gasteiger partial charge in [0.25, 0.3) is 5.56 Å². The van der Waals surface area contributed by atoms with E-state index in [2.05, 4.69) is 4.98 Å². The van der Waals surface area contributed by atoms with Crippen LogP contribution in [0.15, 0.2) is 16.9 Å². The number of hydrogen-bond donors (Lipinski definition) is 1. The number of pyridine rings is 1. The van der Waals surface area contributed by atoms with Gasteiger partial charge in [0, 0.05) is 11.3 Å². The van der Waals surface area contributed by atoms with Gasteiger partial charge >= 0.3 is 12.4 Å². The first-order valence-electron chi connectivity index (χ1n) is 8.51. The fourth-order valence-corrected chi connectivity index (χ4v) is 2.86. The van der Waals surface area contributed by atoms with E-state index in [1.807, 2.05) is 5.10 Å². The monoisotopic (exact) mass is 505 g/mol. The number of alkyl halides is 6. The van der Waals surface area contributed by atoms with E-state index in [9.17, 15) is 57.9 Å². The lowest BCUT2D eigenvalue weighted by Crippen LogP contribution is -2.24. The molecule has 0 aliphatic rings. The SMILES string of the molecule is Cc1[nH]n(-c2c(F)c(F)c(F)c(F)c2F)c(=O)c1C(=O)c1cc(C(F)(F)F)nc(C(F)(F)F)c1. The van der Waals surface area contributed by atoms with E-state index in [0.717, 1.165) is 6.92 Å². The number of aryl methyl sites for hydroxylation is 1. The number of rotatable bonds is 3. The summed E-state index contributed by atoms with van der Waals surface area (Å²) in [5.41, 5.74) is -11.2. The van der Waals surface area contributed by atoms with Gasteiger partial charge in [0.1, 0.15) is 22.6 Å². The van der Waals surface area contributed by atoms with E-state index < -0.39 is 86.7 Å². The quantitative estimate of drug-likeness (QED) is 0.240. The van der Waals surface area contributed by atoms with Gasteiger partial charge in [-0.1, -0.05) is 0 Å². The molecule has 0 amide bonds. The molecule has 182 valence electrons. The smallest absolute Gasteiger partial charge is 0.294 e. The maximum Gasteiger partial charge on any atom is 0.433 e. The Kier molecular flexibility index (Phi) is 5.82. The molecule has 0 unspecified atom stereocenters. The molecule has 0 atom stereocenters. The summed E-state index contributed by atoms with van der Waals surface area (Å²) in [6, 6.07) is -0.210. The van der Waals surface area contributed by atoms with Gasteiger partial charge in [-0.2, -0.15) is 26.3 Å². The third kappa shape index (κ3) is 4.03. The summed E-state index contributed by atoms with van der Waals surface area (Å²) in [5, 5.41) is 1.81. The highest BCUT2D eigenvalue weighted by atomic mass is 19.4. The van der Waals surface area contributed by atoms with Crippen molar-refractivity contribution in [3.63, 3.8) is 0 Å². The van der Waals surface area contributed by atoms with Crippen LogP contribution >= 0.6 is 0 Å². The third-order valence-corrected chi connectivity index (χ3v) is 4.38. The van der Waals surface area contributed by atoms with Crippen LogP contribution in [0.25, 0.3) is 5.69 Å². The fraction of sp³-hybridized carbons (Fsp3) is 0.167. The summed E-state index contributed by atoms with van der Waals surface area (Å²) in [6.07, 6.45) is -10.9. The molecule has 5 nitrogen and oxygen atoms in total. The Morgan fingerprint density at radius 2 is 1.24 bits per heavy atom. The third-order valence-electron chi connectivity index (χ3n) is 4.38. The Morgan fingerprint density at radius 3 is 1.65 bits per heavy atom. The molecule has 0 aliphatic carbocycles. The first kappa shape index (κ1) is 24.9. The summed E-state index contributed by atoms with van der Waals surface area (Å²) < 4.78 is 146. The highest BCUT2D eigenvalue weighted by Crippen LogP contribution is 2.34. The molecule has 1 aromatic carbocycles. The van der Waals surface area contributed by atoms with Crippen LogP contribution in [0, 0.1) is 36.0 Å². The van der Waals surface area contributed by atoms with Gasteiger partial charge in [0.05, 0.1) is 0 Å². The standard InChI is InChI=1S/C18H6F11N3O2/c1-4-8(15(33)5-2-6(17(24,25)26)30-7(3-5)18(27,28)29)16(34)32(31-4)14-12(22)10(20)9(19)11(21)13(14)23/h2-3,31H,1H3. The van der Waals surface area contributed by atoms with Crippen molar-refractivity contribution in [3.05, 3.63) is 79.8 Å². The lowest BCUT2D eigenvalue weighted by atomic mass is 10.0. The van der Waals surface area contributed by atoms with Gasteiger partial charge in [0.15, 0.2) is 23.3 Å². The molecule has 3 aromatic rings. The molecule has 0 saturated heterocycles. The van der Waals surface area contributed by atoms with Crippen molar-refractivity contribution in [2.75, 3.05) is 0 Å². The Balaban J connectivity index is 2.26. The van der Waals surface area contributed by atoms with Crippen molar-refractivity contribution < 1.29 is 53.1 Å². The first-order valence-corrected chi connectivity index (χ1v) is 8.51. The highest BCUT2D eigenvalue weighted by molar-refractivity contribution is 6.09. The average Bonchev–Trinajstić information content (AvgIpc) is 3.02. The van der Waals surface area contributed by atoms with E-state index in [-0.39, 0.29) is 16.8 Å². The predicted octanol–water partition coefficient (Wildman–Crippen LogP) is 4.83. The van der Waals surface area contributed by atoms with Crippen LogP contribution in [0.2, 0.25) is 0 Å². The van der Waals surface area contributed by atoms with Crippen molar-refractivity contribution in [2.24, 2.45) is 0 Å². The minimum absolute atomic E-state index is 0.105. The summed E-state index contributed by atoms with van der Waals surface area (Å²) in [4.78, 5) is 27.6. The zero-order valence-electron chi connectivity index (χ0n) is 16.0. The number of nitrogens with one attached hydrogen (secondary N) is 1. The molecule has 0 aliphatic heterocycles. The highest BCUT2D eigenvalue weighted by Gasteiger charge is 2.40. The first-order chi connectivity index (χ1) is 15.5.